The fraction of sp³-hybridized carbons (Fsp3) is 0.143. The van der Waals surface area contributed by atoms with Crippen molar-refractivity contribution in [3.05, 3.63) is 68.4 Å². The first-order chi connectivity index (χ1) is 12.4. The number of nitrogens with zero attached hydrogens (tertiary/aromatic N) is 3. The number of hydrogen-bond acceptors (Lipinski definition) is 9. The smallest absolute Gasteiger partial charge is 0.450 e. The van der Waals surface area contributed by atoms with Crippen molar-refractivity contribution in [2.75, 3.05) is 5.75 Å². The molecule has 0 saturated carbocycles. The maximum atomic E-state index is 10.9. The molecule has 1 aromatic heterocycles. The normalized spacial score (nSPS) is 11.5. The number of aromatic nitrogens is 1. The van der Waals surface area contributed by atoms with Gasteiger partial charge in [0.2, 0.25) is 0 Å². The van der Waals surface area contributed by atoms with Crippen molar-refractivity contribution in [1.29, 1.82) is 0 Å². The average molecular weight is 397 g/mol. The van der Waals surface area contributed by atoms with Gasteiger partial charge in [-0.25, -0.2) is 9.78 Å². The van der Waals surface area contributed by atoms with Gasteiger partial charge in [-0.2, -0.15) is 0 Å². The number of carbonyl (C=O) groups is 1. The van der Waals surface area contributed by atoms with Crippen LogP contribution in [0.25, 0.3) is 0 Å². The summed E-state index contributed by atoms with van der Waals surface area (Å²) in [5.41, 5.74) is 0.236. The number of hydrogen-bond donors (Lipinski definition) is 1. The third-order valence-corrected chi connectivity index (χ3v) is 5.26. The monoisotopic (exact) mass is 397 g/mol. The Kier molecular flexibility index (Phi) is 6.74. The Hall–Kier alpha value is -2.86. The molecule has 0 aliphatic carbocycles. The van der Waals surface area contributed by atoms with Gasteiger partial charge in [0.05, 0.1) is 9.85 Å². The molecule has 0 bridgehead atoms. The first-order valence-corrected chi connectivity index (χ1v) is 9.22. The zero-order valence-corrected chi connectivity index (χ0v) is 14.5. The van der Waals surface area contributed by atoms with Crippen LogP contribution in [-0.4, -0.2) is 31.8 Å². The highest BCUT2D eigenvalue weighted by Gasteiger charge is 2.18. The quantitative estimate of drug-likeness (QED) is 0.299. The first kappa shape index (κ1) is 19.5. The summed E-state index contributed by atoms with van der Waals surface area (Å²) >= 11 is 0. The molecule has 1 aromatic carbocycles. The highest BCUT2D eigenvalue weighted by molar-refractivity contribution is 8.76. The number of ether oxygens (including phenoxy) is 1. The second-order valence-electron chi connectivity index (χ2n) is 4.70. The van der Waals surface area contributed by atoms with Crippen LogP contribution in [0.15, 0.2) is 47.6 Å². The molecule has 1 heterocycles. The lowest BCUT2D eigenvalue weighted by atomic mass is 10.1. The van der Waals surface area contributed by atoms with E-state index in [2.05, 4.69) is 4.98 Å². The van der Waals surface area contributed by atoms with Crippen LogP contribution >= 0.6 is 21.6 Å². The summed E-state index contributed by atoms with van der Waals surface area (Å²) in [6.45, 7) is 0. The lowest BCUT2D eigenvalue weighted by Gasteiger charge is -2.15. The highest BCUT2D eigenvalue weighted by atomic mass is 33.1. The largest absolute Gasteiger partial charge is 0.506 e. The standard InChI is InChI=1S/C14H11N3O7S2/c18-14(19)24-12(9-1-3-10(4-2-9)16(20)21)8-25-26-13-6-5-11(7-15-13)17(22)23/h1-7,12H,8H2,(H,18,19). The molecule has 2 rings (SSSR count). The van der Waals surface area contributed by atoms with Crippen molar-refractivity contribution in [1.82, 2.24) is 4.98 Å². The summed E-state index contributed by atoms with van der Waals surface area (Å²) in [4.78, 5) is 34.9. The van der Waals surface area contributed by atoms with Crippen molar-refractivity contribution in [3.8, 4) is 0 Å². The topological polar surface area (TPSA) is 146 Å². The second kappa shape index (κ2) is 9.01. The van der Waals surface area contributed by atoms with Crippen molar-refractivity contribution in [2.45, 2.75) is 11.1 Å². The molecule has 0 saturated heterocycles. The molecule has 26 heavy (non-hydrogen) atoms. The molecule has 0 spiro atoms. The molecule has 1 atom stereocenters. The molecule has 12 heteroatoms. The van der Waals surface area contributed by atoms with Crippen LogP contribution < -0.4 is 0 Å². The fourth-order valence-corrected chi connectivity index (χ4v) is 3.84. The maximum absolute atomic E-state index is 10.9. The van der Waals surface area contributed by atoms with Crippen molar-refractivity contribution in [2.24, 2.45) is 0 Å². The Morgan fingerprint density at radius 1 is 1.12 bits per heavy atom. The second-order valence-corrected chi connectivity index (χ2v) is 7.06. The number of rotatable bonds is 8. The van der Waals surface area contributed by atoms with E-state index in [1.807, 2.05) is 0 Å². The van der Waals surface area contributed by atoms with Gasteiger partial charge in [0.1, 0.15) is 17.3 Å². The van der Waals surface area contributed by atoms with Crippen molar-refractivity contribution >= 4 is 39.1 Å². The van der Waals surface area contributed by atoms with E-state index in [9.17, 15) is 25.0 Å². The van der Waals surface area contributed by atoms with Gasteiger partial charge in [0, 0.05) is 24.0 Å². The summed E-state index contributed by atoms with van der Waals surface area (Å²) < 4.78 is 4.83. The van der Waals surface area contributed by atoms with E-state index in [-0.39, 0.29) is 17.1 Å². The van der Waals surface area contributed by atoms with E-state index in [0.29, 0.717) is 10.6 Å². The Morgan fingerprint density at radius 3 is 2.23 bits per heavy atom. The van der Waals surface area contributed by atoms with E-state index < -0.39 is 22.1 Å². The van der Waals surface area contributed by atoms with E-state index in [4.69, 9.17) is 9.84 Å². The SMILES string of the molecule is O=C(O)OC(CSSc1ccc([N+](=O)[O-])cn1)c1ccc([N+](=O)[O-])cc1. The summed E-state index contributed by atoms with van der Waals surface area (Å²) in [6.07, 6.45) is -1.17. The molecule has 2 aromatic rings. The van der Waals surface area contributed by atoms with Gasteiger partial charge in [-0.15, -0.1) is 0 Å². The summed E-state index contributed by atoms with van der Waals surface area (Å²) in [5, 5.41) is 30.6. The van der Waals surface area contributed by atoms with Gasteiger partial charge in [-0.3, -0.25) is 20.2 Å². The van der Waals surface area contributed by atoms with Crippen LogP contribution in [0, 0.1) is 20.2 Å². The van der Waals surface area contributed by atoms with Crippen LogP contribution in [-0.2, 0) is 4.74 Å². The molecule has 0 aliphatic heterocycles. The molecule has 10 nitrogen and oxygen atoms in total. The van der Waals surface area contributed by atoms with Crippen LogP contribution in [0.2, 0.25) is 0 Å². The predicted octanol–water partition coefficient (Wildman–Crippen LogP) is 4.07. The number of nitro benzene ring substituents is 1. The zero-order chi connectivity index (χ0) is 19.1. The van der Waals surface area contributed by atoms with Crippen LogP contribution in [0.3, 0.4) is 0 Å². The number of pyridine rings is 1. The molecule has 0 radical (unpaired) electrons. The van der Waals surface area contributed by atoms with Crippen molar-refractivity contribution in [3.63, 3.8) is 0 Å². The van der Waals surface area contributed by atoms with E-state index in [0.717, 1.165) is 6.20 Å². The summed E-state index contributed by atoms with van der Waals surface area (Å²) in [7, 11) is 2.44. The van der Waals surface area contributed by atoms with E-state index >= 15 is 0 Å². The van der Waals surface area contributed by atoms with Gasteiger partial charge >= 0.3 is 6.16 Å². The number of nitro groups is 2. The van der Waals surface area contributed by atoms with Crippen LogP contribution in [0.1, 0.15) is 11.7 Å². The molecule has 0 fully saturated rings. The molecule has 1 N–H and O–H groups in total. The van der Waals surface area contributed by atoms with Crippen LogP contribution in [0.4, 0.5) is 16.2 Å². The molecule has 0 amide bonds. The average Bonchev–Trinajstić information content (AvgIpc) is 2.61. The zero-order valence-electron chi connectivity index (χ0n) is 12.9. The summed E-state index contributed by atoms with van der Waals surface area (Å²) in [6, 6.07) is 8.20. The third-order valence-electron chi connectivity index (χ3n) is 3.01. The number of carboxylic acid groups (broad SMARTS) is 1. The third kappa shape index (κ3) is 5.60. The fourth-order valence-electron chi connectivity index (χ4n) is 1.82. The van der Waals surface area contributed by atoms with E-state index in [1.165, 1.54) is 58.0 Å². The van der Waals surface area contributed by atoms with Gasteiger partial charge in [0.15, 0.2) is 0 Å². The van der Waals surface area contributed by atoms with Crippen LogP contribution in [0.5, 0.6) is 0 Å². The minimum Gasteiger partial charge on any atom is -0.450 e. The molecular formula is C14H11N3O7S2. The minimum absolute atomic E-state index is 0.111. The van der Waals surface area contributed by atoms with E-state index in [1.54, 1.807) is 0 Å². The molecule has 136 valence electrons. The lowest BCUT2D eigenvalue weighted by Crippen LogP contribution is -2.11. The van der Waals surface area contributed by atoms with Gasteiger partial charge < -0.3 is 9.84 Å². The highest BCUT2D eigenvalue weighted by Crippen LogP contribution is 2.35. The van der Waals surface area contributed by atoms with Gasteiger partial charge in [-0.05, 0) is 34.6 Å². The summed E-state index contributed by atoms with van der Waals surface area (Å²) in [5.74, 6) is 0.216. The Balaban J connectivity index is 2.00. The van der Waals surface area contributed by atoms with Crippen molar-refractivity contribution < 1.29 is 24.5 Å². The Labute approximate surface area is 154 Å². The lowest BCUT2D eigenvalue weighted by molar-refractivity contribution is -0.385. The number of non-ortho nitro benzene ring substituents is 1. The predicted molar refractivity (Wildman–Crippen MR) is 94.2 cm³/mol. The molecule has 0 aliphatic rings. The van der Waals surface area contributed by atoms with Gasteiger partial charge in [-0.1, -0.05) is 10.8 Å². The van der Waals surface area contributed by atoms with Gasteiger partial charge in [0.25, 0.3) is 11.4 Å². The minimum atomic E-state index is -1.47. The maximum Gasteiger partial charge on any atom is 0.506 e. The Morgan fingerprint density at radius 2 is 1.73 bits per heavy atom. The number of benzene rings is 1. The first-order valence-electron chi connectivity index (χ1n) is 6.90. The molecule has 1 unspecified atom stereocenters. The molecular weight excluding hydrogens is 386 g/mol. The Bertz CT molecular complexity index is 799.